The van der Waals surface area contributed by atoms with Crippen molar-refractivity contribution in [2.24, 2.45) is 5.41 Å². The monoisotopic (exact) mass is 386 g/mol. The molecule has 0 saturated heterocycles. The smallest absolute Gasteiger partial charge is 0.255 e. The third-order valence-corrected chi connectivity index (χ3v) is 4.60. The van der Waals surface area contributed by atoms with Crippen molar-refractivity contribution in [2.45, 2.75) is 34.1 Å². The summed E-state index contributed by atoms with van der Waals surface area (Å²) in [5.74, 6) is -0.126. The number of aromatic nitrogens is 1. The molecule has 1 heterocycles. The number of nitrogens with one attached hydrogen (secondary N) is 1. The lowest BCUT2D eigenvalue weighted by Crippen LogP contribution is -2.14. The number of carbonyl (C=O) groups is 2. The van der Waals surface area contributed by atoms with E-state index in [1.54, 1.807) is 30.5 Å². The first-order chi connectivity index (χ1) is 13.7. The largest absolute Gasteiger partial charge is 0.322 e. The van der Waals surface area contributed by atoms with E-state index in [1.165, 1.54) is 0 Å². The summed E-state index contributed by atoms with van der Waals surface area (Å²) < 4.78 is 0. The van der Waals surface area contributed by atoms with E-state index in [9.17, 15) is 9.59 Å². The summed E-state index contributed by atoms with van der Waals surface area (Å²) in [6, 6.07) is 18.4. The lowest BCUT2D eigenvalue weighted by Gasteiger charge is -2.16. The van der Waals surface area contributed by atoms with Crippen LogP contribution in [0.25, 0.3) is 11.3 Å². The van der Waals surface area contributed by atoms with Crippen LogP contribution in [0.5, 0.6) is 0 Å². The van der Waals surface area contributed by atoms with E-state index >= 15 is 0 Å². The van der Waals surface area contributed by atoms with E-state index in [2.05, 4.69) is 10.3 Å². The second kappa shape index (κ2) is 8.39. The second-order valence-electron chi connectivity index (χ2n) is 8.44. The molecule has 148 valence electrons. The first-order valence-corrected chi connectivity index (χ1v) is 9.70. The molecule has 0 bridgehead atoms. The third kappa shape index (κ3) is 5.38. The molecule has 0 aliphatic rings. The van der Waals surface area contributed by atoms with Crippen molar-refractivity contribution in [1.29, 1.82) is 0 Å². The van der Waals surface area contributed by atoms with Crippen molar-refractivity contribution in [3.05, 3.63) is 83.6 Å². The summed E-state index contributed by atoms with van der Waals surface area (Å²) in [5.41, 5.74) is 4.71. The molecular weight excluding hydrogens is 360 g/mol. The van der Waals surface area contributed by atoms with Crippen molar-refractivity contribution in [3.8, 4) is 11.3 Å². The Morgan fingerprint density at radius 2 is 1.62 bits per heavy atom. The molecule has 0 fully saturated rings. The van der Waals surface area contributed by atoms with E-state index in [0.29, 0.717) is 23.2 Å². The fourth-order valence-corrected chi connectivity index (χ4v) is 3.09. The number of hydrogen-bond donors (Lipinski definition) is 1. The van der Waals surface area contributed by atoms with Gasteiger partial charge in [-0.1, -0.05) is 45.0 Å². The number of ketones is 1. The zero-order valence-corrected chi connectivity index (χ0v) is 17.3. The lowest BCUT2D eigenvalue weighted by atomic mass is 9.88. The Balaban J connectivity index is 1.75. The van der Waals surface area contributed by atoms with Crippen molar-refractivity contribution in [2.75, 3.05) is 5.32 Å². The van der Waals surface area contributed by atoms with Gasteiger partial charge >= 0.3 is 0 Å². The van der Waals surface area contributed by atoms with Gasteiger partial charge in [-0.25, -0.2) is 0 Å². The average Bonchev–Trinajstić information content (AvgIpc) is 2.69. The standard InChI is InChI=1S/C25H26N2O2/c1-17-8-13-20(15-21(17)22-7-5-6-14-26-22)27-24(29)19-11-9-18(10-12-19)23(28)16-25(2,3)4/h5-15H,16H2,1-4H3,(H,27,29). The number of benzene rings is 2. The van der Waals surface area contributed by atoms with Gasteiger partial charge in [-0.05, 0) is 54.3 Å². The van der Waals surface area contributed by atoms with Crippen molar-refractivity contribution >= 4 is 17.4 Å². The number of amides is 1. The summed E-state index contributed by atoms with van der Waals surface area (Å²) in [5, 5.41) is 2.93. The number of carbonyl (C=O) groups excluding carboxylic acids is 2. The Bertz CT molecular complexity index is 1020. The SMILES string of the molecule is Cc1ccc(NC(=O)c2ccc(C(=O)CC(C)(C)C)cc2)cc1-c1ccccn1. The summed E-state index contributed by atoms with van der Waals surface area (Å²) in [6.45, 7) is 8.12. The fourth-order valence-electron chi connectivity index (χ4n) is 3.09. The van der Waals surface area contributed by atoms with E-state index < -0.39 is 0 Å². The Morgan fingerprint density at radius 3 is 2.24 bits per heavy atom. The molecule has 1 aromatic heterocycles. The lowest BCUT2D eigenvalue weighted by molar-refractivity contribution is 0.0938. The number of aryl methyl sites for hydroxylation is 1. The molecule has 2 aromatic carbocycles. The van der Waals surface area contributed by atoms with Crippen LogP contribution in [0.3, 0.4) is 0 Å². The van der Waals surface area contributed by atoms with Crippen LogP contribution < -0.4 is 5.32 Å². The van der Waals surface area contributed by atoms with Crippen molar-refractivity contribution < 1.29 is 9.59 Å². The van der Waals surface area contributed by atoms with E-state index in [4.69, 9.17) is 0 Å². The molecular formula is C25H26N2O2. The minimum absolute atomic E-state index is 0.0656. The van der Waals surface area contributed by atoms with Crippen LogP contribution in [0.15, 0.2) is 66.9 Å². The van der Waals surface area contributed by atoms with Gasteiger partial charge in [-0.2, -0.15) is 0 Å². The number of rotatable bonds is 5. The van der Waals surface area contributed by atoms with Gasteiger partial charge in [0.15, 0.2) is 5.78 Å². The van der Waals surface area contributed by atoms with Gasteiger partial charge in [-0.15, -0.1) is 0 Å². The highest BCUT2D eigenvalue weighted by Crippen LogP contribution is 2.25. The minimum atomic E-state index is -0.212. The Hall–Kier alpha value is -3.27. The number of hydrogen-bond acceptors (Lipinski definition) is 3. The van der Waals surface area contributed by atoms with E-state index in [-0.39, 0.29) is 17.1 Å². The van der Waals surface area contributed by atoms with E-state index in [0.717, 1.165) is 16.8 Å². The molecule has 4 nitrogen and oxygen atoms in total. The predicted octanol–water partition coefficient (Wildman–Crippen LogP) is 5.93. The van der Waals surface area contributed by atoms with Crippen LogP contribution >= 0.6 is 0 Å². The van der Waals surface area contributed by atoms with Gasteiger partial charge < -0.3 is 5.32 Å². The minimum Gasteiger partial charge on any atom is -0.322 e. The number of anilines is 1. The summed E-state index contributed by atoms with van der Waals surface area (Å²) >= 11 is 0. The van der Waals surface area contributed by atoms with Gasteiger partial charge in [0, 0.05) is 35.0 Å². The second-order valence-corrected chi connectivity index (χ2v) is 8.44. The molecule has 0 aliphatic heterocycles. The normalized spacial score (nSPS) is 11.2. The highest BCUT2D eigenvalue weighted by Gasteiger charge is 2.17. The highest BCUT2D eigenvalue weighted by molar-refractivity contribution is 6.05. The molecule has 3 rings (SSSR count). The van der Waals surface area contributed by atoms with Crippen LogP contribution in [-0.4, -0.2) is 16.7 Å². The molecule has 0 atom stereocenters. The third-order valence-electron chi connectivity index (χ3n) is 4.60. The van der Waals surface area contributed by atoms with Gasteiger partial charge in [0.2, 0.25) is 0 Å². The zero-order chi connectivity index (χ0) is 21.0. The first-order valence-electron chi connectivity index (χ1n) is 9.70. The highest BCUT2D eigenvalue weighted by atomic mass is 16.1. The summed E-state index contributed by atoms with van der Waals surface area (Å²) in [4.78, 5) is 29.4. The molecule has 3 aromatic rings. The van der Waals surface area contributed by atoms with Crippen LogP contribution in [0, 0.1) is 12.3 Å². The number of pyridine rings is 1. The topological polar surface area (TPSA) is 59.1 Å². The molecule has 0 aliphatic carbocycles. The molecule has 29 heavy (non-hydrogen) atoms. The van der Waals surface area contributed by atoms with Crippen LogP contribution in [0.1, 0.15) is 53.5 Å². The van der Waals surface area contributed by atoms with E-state index in [1.807, 2.05) is 64.1 Å². The van der Waals surface area contributed by atoms with Gasteiger partial charge in [0.1, 0.15) is 0 Å². The van der Waals surface area contributed by atoms with Gasteiger partial charge in [-0.3, -0.25) is 14.6 Å². The molecule has 0 spiro atoms. The van der Waals surface area contributed by atoms with Crippen LogP contribution in [-0.2, 0) is 0 Å². The molecule has 1 amide bonds. The predicted molar refractivity (Wildman–Crippen MR) is 117 cm³/mol. The number of Topliss-reactive ketones (excluding diaryl/α,β-unsaturated/α-hetero) is 1. The molecule has 0 saturated carbocycles. The molecule has 0 unspecified atom stereocenters. The Labute approximate surface area is 172 Å². The van der Waals surface area contributed by atoms with Crippen molar-refractivity contribution in [3.63, 3.8) is 0 Å². The average molecular weight is 386 g/mol. The van der Waals surface area contributed by atoms with Crippen LogP contribution in [0.4, 0.5) is 5.69 Å². The Kier molecular flexibility index (Phi) is 5.92. The molecule has 1 N–H and O–H groups in total. The zero-order valence-electron chi connectivity index (χ0n) is 17.3. The van der Waals surface area contributed by atoms with Gasteiger partial charge in [0.05, 0.1) is 5.69 Å². The summed E-state index contributed by atoms with van der Waals surface area (Å²) in [7, 11) is 0. The maximum atomic E-state index is 12.6. The van der Waals surface area contributed by atoms with Gasteiger partial charge in [0.25, 0.3) is 5.91 Å². The molecule has 4 heteroatoms. The van der Waals surface area contributed by atoms with Crippen molar-refractivity contribution in [1.82, 2.24) is 4.98 Å². The first kappa shape index (κ1) is 20.5. The number of nitrogens with zero attached hydrogens (tertiary/aromatic N) is 1. The Morgan fingerprint density at radius 1 is 0.931 bits per heavy atom. The quantitative estimate of drug-likeness (QED) is 0.553. The van der Waals surface area contributed by atoms with Crippen LogP contribution in [0.2, 0.25) is 0 Å². The maximum Gasteiger partial charge on any atom is 0.255 e. The summed E-state index contributed by atoms with van der Waals surface area (Å²) in [6.07, 6.45) is 2.22. The fraction of sp³-hybridized carbons (Fsp3) is 0.240. The molecule has 0 radical (unpaired) electrons. The maximum absolute atomic E-state index is 12.6.